The van der Waals surface area contributed by atoms with Crippen LogP contribution in [0.3, 0.4) is 0 Å². The standard InChI is InChI=1S/C25H26N2O4/c1-27(2)24(28)18-31-23-10-6-7-21(15-23)25(29)26-16-19-11-13-20(14-12-19)17-30-22-8-4-3-5-9-22/h3-15H,16-18H2,1-2H3,(H,26,29). The predicted octanol–water partition coefficient (Wildman–Crippen LogP) is 3.66. The summed E-state index contributed by atoms with van der Waals surface area (Å²) in [5.74, 6) is 0.954. The number of ether oxygens (including phenoxy) is 2. The number of hydrogen-bond donors (Lipinski definition) is 1. The van der Waals surface area contributed by atoms with Crippen molar-refractivity contribution in [2.45, 2.75) is 13.2 Å². The fourth-order valence-electron chi connectivity index (χ4n) is 2.72. The third kappa shape index (κ3) is 6.89. The van der Waals surface area contributed by atoms with E-state index in [0.717, 1.165) is 16.9 Å². The van der Waals surface area contributed by atoms with Gasteiger partial charge in [0.2, 0.25) is 0 Å². The van der Waals surface area contributed by atoms with Gasteiger partial charge in [-0.2, -0.15) is 0 Å². The van der Waals surface area contributed by atoms with Gasteiger partial charge in [-0.3, -0.25) is 9.59 Å². The number of para-hydroxylation sites is 1. The van der Waals surface area contributed by atoms with E-state index in [9.17, 15) is 9.59 Å². The van der Waals surface area contributed by atoms with Crippen molar-refractivity contribution in [3.63, 3.8) is 0 Å². The van der Waals surface area contributed by atoms with Crippen LogP contribution in [0.15, 0.2) is 78.9 Å². The highest BCUT2D eigenvalue weighted by molar-refractivity contribution is 5.94. The Balaban J connectivity index is 1.49. The highest BCUT2D eigenvalue weighted by atomic mass is 16.5. The highest BCUT2D eigenvalue weighted by Gasteiger charge is 2.09. The molecule has 0 aliphatic heterocycles. The summed E-state index contributed by atoms with van der Waals surface area (Å²) in [7, 11) is 3.33. The zero-order valence-corrected chi connectivity index (χ0v) is 17.7. The van der Waals surface area contributed by atoms with E-state index in [4.69, 9.17) is 9.47 Å². The van der Waals surface area contributed by atoms with E-state index in [-0.39, 0.29) is 18.4 Å². The van der Waals surface area contributed by atoms with Crippen molar-refractivity contribution in [1.29, 1.82) is 0 Å². The molecule has 0 unspecified atom stereocenters. The molecule has 6 nitrogen and oxygen atoms in total. The lowest BCUT2D eigenvalue weighted by molar-refractivity contribution is -0.130. The Morgan fingerprint density at radius 3 is 2.19 bits per heavy atom. The van der Waals surface area contributed by atoms with Gasteiger partial charge < -0.3 is 19.7 Å². The quantitative estimate of drug-likeness (QED) is 0.576. The summed E-state index contributed by atoms with van der Waals surface area (Å²) >= 11 is 0. The molecule has 3 aromatic carbocycles. The van der Waals surface area contributed by atoms with Crippen molar-refractivity contribution < 1.29 is 19.1 Å². The molecule has 31 heavy (non-hydrogen) atoms. The Kier molecular flexibility index (Phi) is 7.65. The Labute approximate surface area is 182 Å². The molecule has 0 spiro atoms. The van der Waals surface area contributed by atoms with Gasteiger partial charge in [0.15, 0.2) is 6.61 Å². The maximum atomic E-state index is 12.5. The lowest BCUT2D eigenvalue weighted by atomic mass is 10.1. The first-order chi connectivity index (χ1) is 15.0. The van der Waals surface area contributed by atoms with Crippen molar-refractivity contribution in [3.05, 3.63) is 95.6 Å². The number of rotatable bonds is 9. The minimum Gasteiger partial charge on any atom is -0.489 e. The highest BCUT2D eigenvalue weighted by Crippen LogP contribution is 2.15. The number of hydrogen-bond acceptors (Lipinski definition) is 4. The lowest BCUT2D eigenvalue weighted by Crippen LogP contribution is -2.27. The first-order valence-electron chi connectivity index (χ1n) is 9.98. The van der Waals surface area contributed by atoms with E-state index >= 15 is 0 Å². The van der Waals surface area contributed by atoms with Crippen LogP contribution in [-0.2, 0) is 17.9 Å². The topological polar surface area (TPSA) is 67.9 Å². The van der Waals surface area contributed by atoms with Crippen LogP contribution in [0.25, 0.3) is 0 Å². The van der Waals surface area contributed by atoms with Gasteiger partial charge in [-0.05, 0) is 41.5 Å². The van der Waals surface area contributed by atoms with Gasteiger partial charge in [0.1, 0.15) is 18.1 Å². The fourth-order valence-corrected chi connectivity index (χ4v) is 2.72. The van der Waals surface area contributed by atoms with E-state index in [1.165, 1.54) is 4.90 Å². The second kappa shape index (κ2) is 10.8. The van der Waals surface area contributed by atoms with Crippen molar-refractivity contribution in [2.24, 2.45) is 0 Å². The Hall–Kier alpha value is -3.80. The molecule has 0 atom stereocenters. The summed E-state index contributed by atoms with van der Waals surface area (Å²) in [5, 5.41) is 2.90. The van der Waals surface area contributed by atoms with Crippen molar-refractivity contribution >= 4 is 11.8 Å². The number of benzene rings is 3. The van der Waals surface area contributed by atoms with E-state index in [2.05, 4.69) is 5.32 Å². The van der Waals surface area contributed by atoms with Gasteiger partial charge in [-0.1, -0.05) is 48.5 Å². The SMILES string of the molecule is CN(C)C(=O)COc1cccc(C(=O)NCc2ccc(COc3ccccc3)cc2)c1. The van der Waals surface area contributed by atoms with Crippen LogP contribution in [0.1, 0.15) is 21.5 Å². The zero-order valence-electron chi connectivity index (χ0n) is 17.7. The molecule has 6 heteroatoms. The molecule has 0 fully saturated rings. The number of nitrogens with zero attached hydrogens (tertiary/aromatic N) is 1. The molecule has 0 aromatic heterocycles. The molecule has 3 rings (SSSR count). The smallest absolute Gasteiger partial charge is 0.259 e. The Bertz CT molecular complexity index is 1000. The lowest BCUT2D eigenvalue weighted by Gasteiger charge is -2.12. The zero-order chi connectivity index (χ0) is 22.1. The number of carbonyl (C=O) groups is 2. The number of nitrogens with one attached hydrogen (secondary N) is 1. The van der Waals surface area contributed by atoms with Gasteiger partial charge in [0.25, 0.3) is 11.8 Å². The van der Waals surface area contributed by atoms with E-state index in [1.807, 2.05) is 54.6 Å². The first kappa shape index (κ1) is 21.9. The molecule has 0 radical (unpaired) electrons. The van der Waals surface area contributed by atoms with Gasteiger partial charge in [-0.15, -0.1) is 0 Å². The van der Waals surface area contributed by atoms with E-state index < -0.39 is 0 Å². The summed E-state index contributed by atoms with van der Waals surface area (Å²) in [6.07, 6.45) is 0. The summed E-state index contributed by atoms with van der Waals surface area (Å²) in [6.45, 7) is 0.820. The van der Waals surface area contributed by atoms with E-state index in [1.54, 1.807) is 38.4 Å². The van der Waals surface area contributed by atoms with Crippen LogP contribution >= 0.6 is 0 Å². The monoisotopic (exact) mass is 418 g/mol. The maximum absolute atomic E-state index is 12.5. The van der Waals surface area contributed by atoms with Crippen LogP contribution < -0.4 is 14.8 Å². The van der Waals surface area contributed by atoms with Crippen molar-refractivity contribution in [2.75, 3.05) is 20.7 Å². The number of carbonyl (C=O) groups excluding carboxylic acids is 2. The largest absolute Gasteiger partial charge is 0.489 e. The molecule has 160 valence electrons. The Morgan fingerprint density at radius 2 is 1.48 bits per heavy atom. The number of likely N-dealkylation sites (N-methyl/N-ethyl adjacent to an activating group) is 1. The molecule has 3 aromatic rings. The molecule has 0 heterocycles. The molecule has 0 bridgehead atoms. The third-order valence-corrected chi connectivity index (χ3v) is 4.58. The molecule has 0 aliphatic rings. The van der Waals surface area contributed by atoms with Crippen LogP contribution in [0.2, 0.25) is 0 Å². The van der Waals surface area contributed by atoms with Crippen LogP contribution in [0.5, 0.6) is 11.5 Å². The average Bonchev–Trinajstić information content (AvgIpc) is 2.81. The Morgan fingerprint density at radius 1 is 0.806 bits per heavy atom. The van der Waals surface area contributed by atoms with Gasteiger partial charge in [0, 0.05) is 26.2 Å². The van der Waals surface area contributed by atoms with Crippen LogP contribution in [-0.4, -0.2) is 37.4 Å². The molecule has 0 aliphatic carbocycles. The summed E-state index contributed by atoms with van der Waals surface area (Å²) in [4.78, 5) is 25.6. The predicted molar refractivity (Wildman–Crippen MR) is 119 cm³/mol. The molecule has 0 saturated carbocycles. The molecule has 2 amide bonds. The fraction of sp³-hybridized carbons (Fsp3) is 0.200. The van der Waals surface area contributed by atoms with Crippen LogP contribution in [0.4, 0.5) is 0 Å². The first-order valence-corrected chi connectivity index (χ1v) is 9.98. The summed E-state index contributed by atoms with van der Waals surface area (Å²) < 4.78 is 11.2. The van der Waals surface area contributed by atoms with Gasteiger partial charge in [0.05, 0.1) is 0 Å². The van der Waals surface area contributed by atoms with Crippen molar-refractivity contribution in [1.82, 2.24) is 10.2 Å². The van der Waals surface area contributed by atoms with Crippen molar-refractivity contribution in [3.8, 4) is 11.5 Å². The van der Waals surface area contributed by atoms with E-state index in [0.29, 0.717) is 24.5 Å². The normalized spacial score (nSPS) is 10.3. The average molecular weight is 418 g/mol. The molecular weight excluding hydrogens is 392 g/mol. The third-order valence-electron chi connectivity index (χ3n) is 4.58. The second-order valence-corrected chi connectivity index (χ2v) is 7.21. The number of amides is 2. The summed E-state index contributed by atoms with van der Waals surface area (Å²) in [6, 6.07) is 24.4. The molecule has 1 N–H and O–H groups in total. The summed E-state index contributed by atoms with van der Waals surface area (Å²) in [5.41, 5.74) is 2.51. The molecular formula is C25H26N2O4. The van der Waals surface area contributed by atoms with Gasteiger partial charge >= 0.3 is 0 Å². The maximum Gasteiger partial charge on any atom is 0.259 e. The minimum atomic E-state index is -0.208. The molecule has 0 saturated heterocycles. The second-order valence-electron chi connectivity index (χ2n) is 7.21. The minimum absolute atomic E-state index is 0.0710. The van der Waals surface area contributed by atoms with Gasteiger partial charge in [-0.25, -0.2) is 0 Å². The van der Waals surface area contributed by atoms with Crippen LogP contribution in [0, 0.1) is 0 Å².